The van der Waals surface area contributed by atoms with E-state index in [9.17, 15) is 19.3 Å². The van der Waals surface area contributed by atoms with Gasteiger partial charge in [0.2, 0.25) is 0 Å². The third kappa shape index (κ3) is 4.12. The number of halogens is 1. The summed E-state index contributed by atoms with van der Waals surface area (Å²) in [6, 6.07) is 13.4. The van der Waals surface area contributed by atoms with Gasteiger partial charge in [0.15, 0.2) is 0 Å². The summed E-state index contributed by atoms with van der Waals surface area (Å²) in [6.45, 7) is 0. The molecule has 1 heterocycles. The normalized spacial score (nSPS) is 9.88. The fourth-order valence-electron chi connectivity index (χ4n) is 2.16. The lowest BCUT2D eigenvalue weighted by molar-refractivity contribution is -0.384. The maximum absolute atomic E-state index is 13.8. The summed E-state index contributed by atoms with van der Waals surface area (Å²) >= 11 is 1.52. The van der Waals surface area contributed by atoms with Crippen molar-refractivity contribution >= 4 is 28.6 Å². The minimum Gasteiger partial charge on any atom is -0.322 e. The molecule has 1 amide bonds. The number of nitrogens with one attached hydrogen (secondary N) is 1. The Morgan fingerprint density at radius 1 is 1.12 bits per heavy atom. The monoisotopic (exact) mass is 366 g/mol. The number of hydrogen-bond acceptors (Lipinski definition) is 4. The van der Waals surface area contributed by atoms with Crippen LogP contribution in [0.5, 0.6) is 0 Å². The molecule has 3 rings (SSSR count). The summed E-state index contributed by atoms with van der Waals surface area (Å²) in [4.78, 5) is 23.3. The number of nitrogens with zero attached hydrogens (tertiary/aromatic N) is 1. The SMILES string of the molecule is O=C(Nc1cccc(C#Cc2cccs2)c1)c1cc([N+](=O)[O-])ccc1F. The maximum Gasteiger partial charge on any atom is 0.270 e. The molecule has 0 aliphatic rings. The average molecular weight is 366 g/mol. The van der Waals surface area contributed by atoms with Crippen LogP contribution in [0.3, 0.4) is 0 Å². The molecule has 2 aromatic carbocycles. The van der Waals surface area contributed by atoms with Crippen LogP contribution in [0, 0.1) is 27.8 Å². The molecule has 0 saturated heterocycles. The number of nitro benzene ring substituents is 1. The zero-order valence-electron chi connectivity index (χ0n) is 13.2. The van der Waals surface area contributed by atoms with Crippen LogP contribution in [0.4, 0.5) is 15.8 Å². The second-order valence-electron chi connectivity index (χ2n) is 5.18. The van der Waals surface area contributed by atoms with Crippen LogP contribution in [0.2, 0.25) is 0 Å². The maximum atomic E-state index is 13.8. The van der Waals surface area contributed by atoms with Crippen molar-refractivity contribution in [1.29, 1.82) is 0 Å². The zero-order chi connectivity index (χ0) is 18.5. The van der Waals surface area contributed by atoms with E-state index in [2.05, 4.69) is 17.2 Å². The van der Waals surface area contributed by atoms with Gasteiger partial charge in [0, 0.05) is 23.4 Å². The number of non-ortho nitro benzene ring substituents is 1. The molecule has 0 atom stereocenters. The Kier molecular flexibility index (Phi) is 5.06. The largest absolute Gasteiger partial charge is 0.322 e. The third-order valence-electron chi connectivity index (χ3n) is 3.38. The first-order valence-electron chi connectivity index (χ1n) is 7.44. The lowest BCUT2D eigenvalue weighted by Gasteiger charge is -2.06. The lowest BCUT2D eigenvalue weighted by atomic mass is 10.1. The number of anilines is 1. The molecule has 7 heteroatoms. The van der Waals surface area contributed by atoms with Gasteiger partial charge in [-0.3, -0.25) is 14.9 Å². The Balaban J connectivity index is 1.81. The number of nitro groups is 1. The number of carbonyl (C=O) groups excluding carboxylic acids is 1. The molecule has 0 unspecified atom stereocenters. The molecule has 0 bridgehead atoms. The molecule has 128 valence electrons. The summed E-state index contributed by atoms with van der Waals surface area (Å²) in [5, 5.41) is 15.3. The topological polar surface area (TPSA) is 72.2 Å². The van der Waals surface area contributed by atoms with Crippen molar-refractivity contribution in [3.8, 4) is 11.8 Å². The molecule has 3 aromatic rings. The van der Waals surface area contributed by atoms with Gasteiger partial charge >= 0.3 is 0 Å². The van der Waals surface area contributed by atoms with Gasteiger partial charge in [0.05, 0.1) is 15.4 Å². The standard InChI is InChI=1S/C19H11FN2O3S/c20-18-9-7-15(22(24)25)12-17(18)19(23)21-14-4-1-3-13(11-14)6-8-16-5-2-10-26-16/h1-5,7,9-12H,(H,21,23). The molecule has 0 aliphatic carbocycles. The van der Waals surface area contributed by atoms with E-state index < -0.39 is 22.2 Å². The molecule has 1 N–H and O–H groups in total. The quantitative estimate of drug-likeness (QED) is 0.423. The summed E-state index contributed by atoms with van der Waals surface area (Å²) in [5.74, 6) is 4.38. The molecular weight excluding hydrogens is 355 g/mol. The highest BCUT2D eigenvalue weighted by atomic mass is 32.1. The van der Waals surface area contributed by atoms with Crippen LogP contribution >= 0.6 is 11.3 Å². The van der Waals surface area contributed by atoms with Crippen molar-refractivity contribution in [3.63, 3.8) is 0 Å². The van der Waals surface area contributed by atoms with E-state index in [4.69, 9.17) is 0 Å². The average Bonchev–Trinajstić information content (AvgIpc) is 3.14. The van der Waals surface area contributed by atoms with Gasteiger partial charge in [0.1, 0.15) is 5.82 Å². The van der Waals surface area contributed by atoms with Gasteiger partial charge in [0.25, 0.3) is 11.6 Å². The Bertz CT molecular complexity index is 1040. The highest BCUT2D eigenvalue weighted by Crippen LogP contribution is 2.19. The highest BCUT2D eigenvalue weighted by molar-refractivity contribution is 7.10. The zero-order valence-corrected chi connectivity index (χ0v) is 14.0. The van der Waals surface area contributed by atoms with Crippen LogP contribution in [0.25, 0.3) is 0 Å². The van der Waals surface area contributed by atoms with Crippen LogP contribution in [0.15, 0.2) is 60.0 Å². The van der Waals surface area contributed by atoms with Crippen molar-refractivity contribution in [2.75, 3.05) is 5.32 Å². The molecule has 0 spiro atoms. The van der Waals surface area contributed by atoms with Crippen molar-refractivity contribution in [3.05, 3.63) is 91.9 Å². The van der Waals surface area contributed by atoms with E-state index in [0.29, 0.717) is 11.3 Å². The predicted octanol–water partition coefficient (Wildman–Crippen LogP) is 4.45. The predicted molar refractivity (Wildman–Crippen MR) is 97.7 cm³/mol. The van der Waals surface area contributed by atoms with Crippen LogP contribution < -0.4 is 5.32 Å². The Hall–Kier alpha value is -3.50. The second-order valence-corrected chi connectivity index (χ2v) is 6.13. The minimum atomic E-state index is -0.832. The van der Waals surface area contributed by atoms with Crippen molar-refractivity contribution in [2.24, 2.45) is 0 Å². The number of rotatable bonds is 3. The molecule has 0 radical (unpaired) electrons. The second kappa shape index (κ2) is 7.59. The first kappa shape index (κ1) is 17.3. The fraction of sp³-hybridized carbons (Fsp3) is 0. The fourth-order valence-corrected chi connectivity index (χ4v) is 2.73. The van der Waals surface area contributed by atoms with E-state index >= 15 is 0 Å². The smallest absolute Gasteiger partial charge is 0.270 e. The Morgan fingerprint density at radius 2 is 1.96 bits per heavy atom. The van der Waals surface area contributed by atoms with E-state index in [1.165, 1.54) is 11.3 Å². The summed E-state index contributed by atoms with van der Waals surface area (Å²) < 4.78 is 13.8. The first-order chi connectivity index (χ1) is 12.5. The van der Waals surface area contributed by atoms with Crippen molar-refractivity contribution in [2.45, 2.75) is 0 Å². The third-order valence-corrected chi connectivity index (χ3v) is 4.16. The van der Waals surface area contributed by atoms with Gasteiger partial charge < -0.3 is 5.32 Å². The van der Waals surface area contributed by atoms with E-state index in [0.717, 1.165) is 23.1 Å². The summed E-state index contributed by atoms with van der Waals surface area (Å²) in [7, 11) is 0. The molecule has 1 aromatic heterocycles. The number of amides is 1. The Labute approximate surface area is 152 Å². The molecule has 0 aliphatic heterocycles. The Morgan fingerprint density at radius 3 is 2.69 bits per heavy atom. The number of thiophene rings is 1. The van der Waals surface area contributed by atoms with Crippen molar-refractivity contribution in [1.82, 2.24) is 0 Å². The lowest BCUT2D eigenvalue weighted by Crippen LogP contribution is -2.14. The van der Waals surface area contributed by atoms with Crippen LogP contribution in [-0.2, 0) is 0 Å². The number of benzene rings is 2. The van der Waals surface area contributed by atoms with E-state index in [1.54, 1.807) is 24.3 Å². The highest BCUT2D eigenvalue weighted by Gasteiger charge is 2.17. The molecule has 0 fully saturated rings. The molecule has 5 nitrogen and oxygen atoms in total. The van der Waals surface area contributed by atoms with Gasteiger partial charge in [-0.1, -0.05) is 24.0 Å². The summed E-state index contributed by atoms with van der Waals surface area (Å²) in [6.07, 6.45) is 0. The van der Waals surface area contributed by atoms with E-state index in [-0.39, 0.29) is 5.69 Å². The molecule has 0 saturated carbocycles. The van der Waals surface area contributed by atoms with Gasteiger partial charge in [-0.15, -0.1) is 11.3 Å². The first-order valence-corrected chi connectivity index (χ1v) is 8.32. The van der Waals surface area contributed by atoms with Gasteiger partial charge in [-0.05, 0) is 35.7 Å². The van der Waals surface area contributed by atoms with E-state index in [1.807, 2.05) is 17.5 Å². The molecular formula is C19H11FN2O3S. The van der Waals surface area contributed by atoms with Crippen molar-refractivity contribution < 1.29 is 14.1 Å². The minimum absolute atomic E-state index is 0.355. The number of hydrogen-bond donors (Lipinski definition) is 1. The number of carbonyl (C=O) groups is 1. The molecule has 26 heavy (non-hydrogen) atoms. The summed E-state index contributed by atoms with van der Waals surface area (Å²) in [5.41, 5.74) is 0.344. The van der Waals surface area contributed by atoms with Crippen LogP contribution in [0.1, 0.15) is 20.8 Å². The van der Waals surface area contributed by atoms with Crippen LogP contribution in [-0.4, -0.2) is 10.8 Å². The van der Waals surface area contributed by atoms with Gasteiger partial charge in [-0.2, -0.15) is 0 Å². The van der Waals surface area contributed by atoms with Gasteiger partial charge in [-0.25, -0.2) is 4.39 Å².